The molecule has 0 saturated carbocycles. The van der Waals surface area contributed by atoms with E-state index in [0.29, 0.717) is 0 Å². The minimum Gasteiger partial charge on any atom is -0.259 e. The van der Waals surface area contributed by atoms with Crippen molar-refractivity contribution in [2.75, 3.05) is 0 Å². The average molecular weight is 360 g/mol. The highest BCUT2D eigenvalue weighted by Gasteiger charge is 2.25. The number of hydrogen-bond acceptors (Lipinski definition) is 9. The summed E-state index contributed by atoms with van der Waals surface area (Å²) in [6.07, 6.45) is 2.86. The molecular formula is C12H12N2O7S2. The second kappa shape index (κ2) is 7.57. The zero-order valence-corrected chi connectivity index (χ0v) is 13.2. The lowest BCUT2D eigenvalue weighted by molar-refractivity contribution is 0.226. The topological polar surface area (TPSA) is 122 Å². The van der Waals surface area contributed by atoms with Crippen LogP contribution in [0.3, 0.4) is 0 Å². The van der Waals surface area contributed by atoms with E-state index in [4.69, 9.17) is 0 Å². The second-order valence-electron chi connectivity index (χ2n) is 4.05. The lowest BCUT2D eigenvalue weighted by Crippen LogP contribution is -2.18. The third-order valence-corrected chi connectivity index (χ3v) is 4.47. The summed E-state index contributed by atoms with van der Waals surface area (Å²) < 4.78 is 58.7. The molecule has 9 nitrogen and oxygen atoms in total. The summed E-state index contributed by atoms with van der Waals surface area (Å²) >= 11 is 0. The van der Waals surface area contributed by atoms with E-state index in [1.807, 2.05) is 0 Å². The zero-order valence-electron chi connectivity index (χ0n) is 11.6. The largest absolute Gasteiger partial charge is 0.416 e. The van der Waals surface area contributed by atoms with E-state index in [0.717, 1.165) is 0 Å². The van der Waals surface area contributed by atoms with Gasteiger partial charge in [0.1, 0.15) is 13.2 Å². The van der Waals surface area contributed by atoms with Crippen LogP contribution in [0, 0.1) is 0 Å². The van der Waals surface area contributed by atoms with E-state index in [-0.39, 0.29) is 11.4 Å². The highest BCUT2D eigenvalue weighted by molar-refractivity contribution is 7.95. The Balaban J connectivity index is 1.90. The molecule has 0 aliphatic heterocycles. The molecule has 2 rings (SSSR count). The first-order valence-electron chi connectivity index (χ1n) is 6.16. The summed E-state index contributed by atoms with van der Waals surface area (Å²) in [6, 6.07) is 9.50. The molecule has 2 heterocycles. The van der Waals surface area contributed by atoms with Gasteiger partial charge in [-0.05, 0) is 24.3 Å². The molecule has 11 heteroatoms. The van der Waals surface area contributed by atoms with Crippen molar-refractivity contribution >= 4 is 20.8 Å². The molecule has 0 aliphatic carbocycles. The van der Waals surface area contributed by atoms with Crippen molar-refractivity contribution < 1.29 is 28.8 Å². The van der Waals surface area contributed by atoms with Gasteiger partial charge in [-0.15, -0.1) is 3.63 Å². The van der Waals surface area contributed by atoms with Gasteiger partial charge in [0.05, 0.1) is 11.4 Å². The van der Waals surface area contributed by atoms with Crippen LogP contribution in [0.15, 0.2) is 48.8 Å². The lowest BCUT2D eigenvalue weighted by Gasteiger charge is -2.06. The minimum atomic E-state index is -4.82. The highest BCUT2D eigenvalue weighted by atomic mass is 32.3. The van der Waals surface area contributed by atoms with Gasteiger partial charge in [0.25, 0.3) is 0 Å². The van der Waals surface area contributed by atoms with Crippen molar-refractivity contribution in [3.05, 3.63) is 60.2 Å². The maximum Gasteiger partial charge on any atom is 0.416 e. The van der Waals surface area contributed by atoms with Crippen LogP contribution in [-0.4, -0.2) is 26.8 Å². The van der Waals surface area contributed by atoms with Crippen LogP contribution in [0.25, 0.3) is 0 Å². The Hall–Kier alpha value is -1.92. The Bertz CT molecular complexity index is 753. The Kier molecular flexibility index (Phi) is 5.74. The van der Waals surface area contributed by atoms with E-state index in [2.05, 4.69) is 22.0 Å². The Morgan fingerprint density at radius 1 is 0.739 bits per heavy atom. The molecule has 2 aromatic heterocycles. The third-order valence-electron chi connectivity index (χ3n) is 2.32. The van der Waals surface area contributed by atoms with Crippen LogP contribution in [-0.2, 0) is 46.0 Å². The molecule has 0 aromatic carbocycles. The predicted octanol–water partition coefficient (Wildman–Crippen LogP) is 0.716. The van der Waals surface area contributed by atoms with Gasteiger partial charge in [-0.2, -0.15) is 16.8 Å². The first-order chi connectivity index (χ1) is 10.9. The number of aromatic nitrogens is 2. The van der Waals surface area contributed by atoms with Crippen molar-refractivity contribution in [2.24, 2.45) is 0 Å². The Morgan fingerprint density at radius 3 is 1.52 bits per heavy atom. The molecule has 0 N–H and O–H groups in total. The minimum absolute atomic E-state index is 0.284. The fourth-order valence-electron chi connectivity index (χ4n) is 1.37. The zero-order chi connectivity index (χ0) is 16.8. The van der Waals surface area contributed by atoms with Crippen molar-refractivity contribution in [2.45, 2.75) is 13.2 Å². The quantitative estimate of drug-likeness (QED) is 0.670. The predicted molar refractivity (Wildman–Crippen MR) is 77.0 cm³/mol. The van der Waals surface area contributed by atoms with Crippen LogP contribution in [0.4, 0.5) is 0 Å². The fourth-order valence-corrected chi connectivity index (χ4v) is 3.03. The average Bonchev–Trinajstić information content (AvgIpc) is 2.52. The summed E-state index contributed by atoms with van der Waals surface area (Å²) in [6.45, 7) is -0.947. The molecule has 0 unspecified atom stereocenters. The molecule has 0 atom stereocenters. The molecule has 0 spiro atoms. The second-order valence-corrected chi connectivity index (χ2v) is 6.70. The third kappa shape index (κ3) is 6.38. The van der Waals surface area contributed by atoms with Gasteiger partial charge >= 0.3 is 20.8 Å². The van der Waals surface area contributed by atoms with Gasteiger partial charge in [-0.3, -0.25) is 9.97 Å². The number of rotatable bonds is 8. The standard InChI is InChI=1S/C12H12N2O7S2/c15-22(16,19-9-11-5-1-3-7-13-11)21-23(17,18)20-10-12-6-2-4-8-14-12/h1-8H,9-10H2. The van der Waals surface area contributed by atoms with Crippen molar-refractivity contribution in [1.29, 1.82) is 0 Å². The van der Waals surface area contributed by atoms with Gasteiger partial charge in [0.2, 0.25) is 0 Å². The maximum absolute atomic E-state index is 11.5. The highest BCUT2D eigenvalue weighted by Crippen LogP contribution is 2.10. The van der Waals surface area contributed by atoms with E-state index in [1.54, 1.807) is 24.3 Å². The molecule has 0 aliphatic rings. The summed E-state index contributed by atoms with van der Waals surface area (Å²) in [4.78, 5) is 7.64. The monoisotopic (exact) mass is 360 g/mol. The molecule has 23 heavy (non-hydrogen) atoms. The van der Waals surface area contributed by atoms with Crippen molar-refractivity contribution in [3.63, 3.8) is 0 Å². The number of hydrogen-bond donors (Lipinski definition) is 0. The smallest absolute Gasteiger partial charge is 0.259 e. The maximum atomic E-state index is 11.5. The van der Waals surface area contributed by atoms with Crippen molar-refractivity contribution in [3.8, 4) is 0 Å². The van der Waals surface area contributed by atoms with Crippen LogP contribution < -0.4 is 0 Å². The Labute approximate surface area is 133 Å². The molecule has 0 amide bonds. The lowest BCUT2D eigenvalue weighted by atomic mass is 10.4. The SMILES string of the molecule is O=S(=O)(OCc1ccccn1)OS(=O)(=O)OCc1ccccn1. The van der Waals surface area contributed by atoms with Crippen molar-refractivity contribution in [1.82, 2.24) is 9.97 Å². The molecule has 124 valence electrons. The van der Waals surface area contributed by atoms with Gasteiger partial charge in [0.15, 0.2) is 0 Å². The first-order valence-corrected chi connectivity index (χ1v) is 8.83. The first kappa shape index (κ1) is 17.4. The van der Waals surface area contributed by atoms with Crippen LogP contribution >= 0.6 is 0 Å². The van der Waals surface area contributed by atoms with E-state index >= 15 is 0 Å². The van der Waals surface area contributed by atoms with E-state index in [9.17, 15) is 16.8 Å². The molecule has 0 bridgehead atoms. The Morgan fingerprint density at radius 2 is 1.17 bits per heavy atom. The van der Waals surface area contributed by atoms with Gasteiger partial charge < -0.3 is 0 Å². The van der Waals surface area contributed by atoms with Gasteiger partial charge in [-0.25, -0.2) is 8.37 Å². The summed E-state index contributed by atoms with van der Waals surface area (Å²) in [5.41, 5.74) is 0.568. The summed E-state index contributed by atoms with van der Waals surface area (Å²) in [5.74, 6) is 0. The van der Waals surface area contributed by atoms with Crippen LogP contribution in [0.2, 0.25) is 0 Å². The normalized spacial score (nSPS) is 12.2. The number of pyridine rings is 2. The molecule has 0 fully saturated rings. The molecule has 0 saturated heterocycles. The van der Waals surface area contributed by atoms with E-state index in [1.165, 1.54) is 24.5 Å². The van der Waals surface area contributed by atoms with Gasteiger partial charge in [-0.1, -0.05) is 12.1 Å². The molecule has 2 aromatic rings. The summed E-state index contributed by atoms with van der Waals surface area (Å²) in [7, 11) is -9.63. The van der Waals surface area contributed by atoms with E-state index < -0.39 is 34.0 Å². The number of nitrogens with zero attached hydrogens (tertiary/aromatic N) is 2. The van der Waals surface area contributed by atoms with Crippen LogP contribution in [0.1, 0.15) is 11.4 Å². The van der Waals surface area contributed by atoms with Gasteiger partial charge in [0, 0.05) is 12.4 Å². The van der Waals surface area contributed by atoms with Crippen LogP contribution in [0.5, 0.6) is 0 Å². The fraction of sp³-hybridized carbons (Fsp3) is 0.167. The molecular weight excluding hydrogens is 348 g/mol. The molecule has 0 radical (unpaired) electrons. The summed E-state index contributed by atoms with van der Waals surface area (Å²) in [5, 5.41) is 0.